The molecule has 17 unspecified atom stereocenters. The van der Waals surface area contributed by atoms with Gasteiger partial charge < -0.3 is 89.9 Å². The zero-order valence-electron chi connectivity index (χ0n) is 57.0. The van der Waals surface area contributed by atoms with Gasteiger partial charge in [0.2, 0.25) is 5.91 Å². The van der Waals surface area contributed by atoms with Crippen LogP contribution in [0.4, 0.5) is 0 Å². The van der Waals surface area contributed by atoms with Gasteiger partial charge in [-0.3, -0.25) is 4.79 Å². The van der Waals surface area contributed by atoms with Crippen LogP contribution in [-0.4, -0.2) is 193 Å². The number of aliphatic hydroxyl groups excluding tert-OH is 11. The summed E-state index contributed by atoms with van der Waals surface area (Å²) >= 11 is 0. The van der Waals surface area contributed by atoms with Crippen molar-refractivity contribution in [3.63, 3.8) is 0 Å². The lowest BCUT2D eigenvalue weighted by molar-refractivity contribution is -0.379. The lowest BCUT2D eigenvalue weighted by atomic mass is 9.96. The maximum Gasteiger partial charge on any atom is 0.220 e. The second-order valence-electron chi connectivity index (χ2n) is 26.4. The van der Waals surface area contributed by atoms with Crippen molar-refractivity contribution >= 4 is 5.91 Å². The van der Waals surface area contributed by atoms with E-state index in [9.17, 15) is 61.0 Å². The summed E-state index contributed by atoms with van der Waals surface area (Å²) in [5, 5.41) is 121. The number of ether oxygens (including phenoxy) is 6. The SMILES string of the molecule is CC/C=C\C/C=C\C/C=C\C/C=C\CCCCC(=O)NC(COC1OC(CO)C(OC2OC(CO)C(OC3OC(CO)C(O)C(O)C3O)C(O)C2O)C(O)C1O)C(O)CCCCCCCCCCCCCCCCCCCCCCCCCCCCCCCCCC. The summed E-state index contributed by atoms with van der Waals surface area (Å²) in [7, 11) is 0. The van der Waals surface area contributed by atoms with E-state index in [0.717, 1.165) is 64.2 Å². The van der Waals surface area contributed by atoms with Gasteiger partial charge in [0.1, 0.15) is 73.2 Å². The van der Waals surface area contributed by atoms with E-state index in [4.69, 9.17) is 28.4 Å². The van der Waals surface area contributed by atoms with E-state index < -0.39 is 124 Å². The van der Waals surface area contributed by atoms with Gasteiger partial charge in [-0.2, -0.15) is 0 Å². The molecule has 19 heteroatoms. The van der Waals surface area contributed by atoms with Gasteiger partial charge in [-0.15, -0.1) is 0 Å². The van der Waals surface area contributed by atoms with Crippen molar-refractivity contribution in [2.75, 3.05) is 26.4 Å². The minimum Gasteiger partial charge on any atom is -0.394 e. The first-order valence-electron chi connectivity index (χ1n) is 36.9. The largest absolute Gasteiger partial charge is 0.394 e. The van der Waals surface area contributed by atoms with Crippen LogP contribution in [0.5, 0.6) is 0 Å². The first kappa shape index (κ1) is 84.0. The molecule has 3 rings (SSSR count). The highest BCUT2D eigenvalue weighted by Crippen LogP contribution is 2.33. The van der Waals surface area contributed by atoms with E-state index in [1.165, 1.54) is 180 Å². The average molecular weight is 1310 g/mol. The Bertz CT molecular complexity index is 1860. The van der Waals surface area contributed by atoms with Crippen molar-refractivity contribution in [1.29, 1.82) is 0 Å². The van der Waals surface area contributed by atoms with E-state index in [-0.39, 0.29) is 18.9 Å². The molecule has 0 spiro atoms. The van der Waals surface area contributed by atoms with Crippen LogP contribution in [0, 0.1) is 0 Å². The molecule has 3 fully saturated rings. The van der Waals surface area contributed by atoms with Crippen molar-refractivity contribution in [2.45, 2.75) is 381 Å². The molecule has 1 amide bonds. The molecule has 0 radical (unpaired) electrons. The molecule has 19 nitrogen and oxygen atoms in total. The van der Waals surface area contributed by atoms with Crippen LogP contribution in [0.2, 0.25) is 0 Å². The van der Waals surface area contributed by atoms with E-state index >= 15 is 0 Å². The fraction of sp³-hybridized carbons (Fsp3) is 0.877. The third kappa shape index (κ3) is 35.8. The lowest BCUT2D eigenvalue weighted by Crippen LogP contribution is -2.66. The summed E-state index contributed by atoms with van der Waals surface area (Å²) in [4.78, 5) is 13.4. The van der Waals surface area contributed by atoms with Gasteiger partial charge in [-0.05, 0) is 51.4 Å². The number of rotatable bonds is 57. The van der Waals surface area contributed by atoms with Crippen LogP contribution < -0.4 is 5.32 Å². The predicted molar refractivity (Wildman–Crippen MR) is 360 cm³/mol. The van der Waals surface area contributed by atoms with Crippen molar-refractivity contribution in [3.05, 3.63) is 48.6 Å². The molecule has 12 N–H and O–H groups in total. The second-order valence-corrected chi connectivity index (χ2v) is 26.4. The van der Waals surface area contributed by atoms with Gasteiger partial charge in [0, 0.05) is 6.42 Å². The Morgan fingerprint density at radius 3 is 1.15 bits per heavy atom. The summed E-state index contributed by atoms with van der Waals surface area (Å²) in [6.45, 7) is 1.67. The quantitative estimate of drug-likeness (QED) is 0.0199. The van der Waals surface area contributed by atoms with Crippen molar-refractivity contribution in [3.8, 4) is 0 Å². The summed E-state index contributed by atoms with van der Waals surface area (Å²) in [6, 6.07) is -0.911. The number of hydrogen-bond donors (Lipinski definition) is 12. The standard InChI is InChI=1S/C73H133NO18/c1-3-5-7-9-11-13-15-17-19-20-21-22-23-24-25-26-27-28-29-30-31-32-33-34-35-37-38-40-42-44-46-48-50-57(78)56(74-61(79)51-49-47-45-43-41-39-36-18-16-14-12-10-8-6-4-2)55-87-71-67(85)64(82)69(59(53-76)89-71)92-73-68(86)65(83)70(60(54-77)90-73)91-72-66(84)63(81)62(80)58(52-75)88-72/h6,8,12,14,18,36,41,43,56-60,62-73,75-78,80-86H,3-5,7,9-11,13,15-17,19-35,37-40,42,44-55H2,1-2H3,(H,74,79)/b8-6-,14-12-,36-18-,43-41-. The van der Waals surface area contributed by atoms with E-state index in [2.05, 4.69) is 67.8 Å². The van der Waals surface area contributed by atoms with Crippen molar-refractivity contribution < 1.29 is 89.4 Å². The Morgan fingerprint density at radius 2 is 0.750 bits per heavy atom. The monoisotopic (exact) mass is 1310 g/mol. The highest BCUT2D eigenvalue weighted by atomic mass is 16.8. The minimum atomic E-state index is -1.98. The van der Waals surface area contributed by atoms with Crippen LogP contribution in [0.1, 0.15) is 277 Å². The first-order valence-corrected chi connectivity index (χ1v) is 36.9. The van der Waals surface area contributed by atoms with E-state index in [0.29, 0.717) is 12.8 Å². The number of unbranched alkanes of at least 4 members (excludes halogenated alkanes) is 33. The fourth-order valence-electron chi connectivity index (χ4n) is 12.5. The molecular weight excluding hydrogens is 1180 g/mol. The summed E-state index contributed by atoms with van der Waals surface area (Å²) in [6.07, 6.45) is 39.4. The van der Waals surface area contributed by atoms with Crippen LogP contribution >= 0.6 is 0 Å². The summed E-state index contributed by atoms with van der Waals surface area (Å²) in [5.74, 6) is -0.282. The van der Waals surface area contributed by atoms with Crippen LogP contribution in [-0.2, 0) is 33.2 Å². The van der Waals surface area contributed by atoms with Crippen molar-refractivity contribution in [2.24, 2.45) is 0 Å². The van der Waals surface area contributed by atoms with Gasteiger partial charge in [-0.1, -0.05) is 268 Å². The molecule has 0 saturated carbocycles. The number of hydrogen-bond acceptors (Lipinski definition) is 18. The highest BCUT2D eigenvalue weighted by molar-refractivity contribution is 5.76. The smallest absolute Gasteiger partial charge is 0.220 e. The van der Waals surface area contributed by atoms with Gasteiger partial charge >= 0.3 is 0 Å². The number of allylic oxidation sites excluding steroid dienone is 8. The summed E-state index contributed by atoms with van der Waals surface area (Å²) < 4.78 is 34.4. The predicted octanol–water partition coefficient (Wildman–Crippen LogP) is 10.6. The van der Waals surface area contributed by atoms with Gasteiger partial charge in [0.25, 0.3) is 0 Å². The minimum absolute atomic E-state index is 0.213. The Hall–Kier alpha value is -2.25. The van der Waals surface area contributed by atoms with Crippen molar-refractivity contribution in [1.82, 2.24) is 5.32 Å². The normalized spacial score (nSPS) is 27.9. The molecule has 17 atom stereocenters. The highest BCUT2D eigenvalue weighted by Gasteiger charge is 2.53. The Morgan fingerprint density at radius 1 is 0.402 bits per heavy atom. The molecular formula is C73H133NO18. The third-order valence-electron chi connectivity index (χ3n) is 18.4. The van der Waals surface area contributed by atoms with Crippen LogP contribution in [0.3, 0.4) is 0 Å². The Kier molecular flexibility index (Phi) is 50.0. The second kappa shape index (κ2) is 54.7. The average Bonchev–Trinajstić information content (AvgIpc) is 0.837. The molecule has 0 aromatic rings. The molecule has 3 aliphatic heterocycles. The van der Waals surface area contributed by atoms with Crippen LogP contribution in [0.15, 0.2) is 48.6 Å². The molecule has 0 aliphatic carbocycles. The zero-order valence-corrected chi connectivity index (χ0v) is 57.0. The van der Waals surface area contributed by atoms with Gasteiger partial charge in [-0.25, -0.2) is 0 Å². The molecule has 0 aromatic heterocycles. The first-order chi connectivity index (χ1) is 44.8. The molecule has 0 aromatic carbocycles. The molecule has 92 heavy (non-hydrogen) atoms. The fourth-order valence-corrected chi connectivity index (χ4v) is 12.5. The zero-order chi connectivity index (χ0) is 66.8. The maximum absolute atomic E-state index is 13.4. The Balaban J connectivity index is 1.37. The van der Waals surface area contributed by atoms with E-state index in [1.807, 2.05) is 0 Å². The van der Waals surface area contributed by atoms with E-state index in [1.54, 1.807) is 0 Å². The molecule has 538 valence electrons. The number of carbonyl (C=O) groups excluding carboxylic acids is 1. The lowest BCUT2D eigenvalue weighted by Gasteiger charge is -2.48. The van der Waals surface area contributed by atoms with Gasteiger partial charge in [0.15, 0.2) is 18.9 Å². The molecule has 3 heterocycles. The Labute approximate surface area is 554 Å². The molecule has 3 aliphatic rings. The van der Waals surface area contributed by atoms with Crippen LogP contribution in [0.25, 0.3) is 0 Å². The topological polar surface area (TPSA) is 307 Å². The maximum atomic E-state index is 13.4. The number of nitrogens with one attached hydrogen (secondary N) is 1. The summed E-state index contributed by atoms with van der Waals surface area (Å²) in [5.41, 5.74) is 0. The number of aliphatic hydroxyl groups is 11. The number of amides is 1. The molecule has 3 saturated heterocycles. The van der Waals surface area contributed by atoms with Gasteiger partial charge in [0.05, 0.1) is 38.6 Å². The molecule has 0 bridgehead atoms. The number of carbonyl (C=O) groups is 1. The third-order valence-corrected chi connectivity index (χ3v) is 18.4.